The van der Waals surface area contributed by atoms with Crippen molar-refractivity contribution < 1.29 is 19.1 Å². The first-order chi connectivity index (χ1) is 13.6. The topological polar surface area (TPSA) is 87.7 Å². The molecule has 2 saturated heterocycles. The van der Waals surface area contributed by atoms with Gasteiger partial charge < -0.3 is 15.0 Å². The Morgan fingerprint density at radius 2 is 1.89 bits per heavy atom. The Morgan fingerprint density at radius 1 is 1.18 bits per heavy atom. The fraction of sp³-hybridized carbons (Fsp3) is 0.571. The fourth-order valence-electron chi connectivity index (χ4n) is 3.67. The lowest BCUT2D eigenvalue weighted by molar-refractivity contribution is -0.133. The lowest BCUT2D eigenvalue weighted by Gasteiger charge is -2.31. The molecule has 3 amide bonds. The largest absolute Gasteiger partial charge is 0.449 e. The third-order valence-corrected chi connectivity index (χ3v) is 5.44. The molecule has 1 aromatic carbocycles. The zero-order valence-electron chi connectivity index (χ0n) is 16.4. The lowest BCUT2D eigenvalue weighted by atomic mass is 9.89. The van der Waals surface area contributed by atoms with Gasteiger partial charge in [-0.15, -0.1) is 0 Å². The molecule has 2 aliphatic rings. The number of benzene rings is 1. The van der Waals surface area contributed by atoms with Crippen molar-refractivity contribution in [3.8, 4) is 0 Å². The van der Waals surface area contributed by atoms with E-state index in [-0.39, 0.29) is 23.9 Å². The van der Waals surface area contributed by atoms with E-state index < -0.39 is 0 Å². The van der Waals surface area contributed by atoms with Gasteiger partial charge in [-0.05, 0) is 49.3 Å². The molecule has 2 heterocycles. The monoisotopic (exact) mass is 387 g/mol. The van der Waals surface area contributed by atoms with Crippen molar-refractivity contribution in [2.75, 3.05) is 25.0 Å². The SMILES string of the molecule is CCCCOC(=O)N1CCC(c2ccc(NC3CCC(=O)NC3=O)cc2)CC1. The molecule has 0 spiro atoms. The van der Waals surface area contributed by atoms with Crippen molar-refractivity contribution in [3.05, 3.63) is 29.8 Å². The van der Waals surface area contributed by atoms with E-state index in [9.17, 15) is 14.4 Å². The van der Waals surface area contributed by atoms with Crippen LogP contribution in [0.3, 0.4) is 0 Å². The average Bonchev–Trinajstić information content (AvgIpc) is 2.71. The maximum absolute atomic E-state index is 12.0. The predicted octanol–water partition coefficient (Wildman–Crippen LogP) is 3.02. The molecule has 0 saturated carbocycles. The van der Waals surface area contributed by atoms with Crippen molar-refractivity contribution >= 4 is 23.6 Å². The van der Waals surface area contributed by atoms with Gasteiger partial charge in [0.1, 0.15) is 6.04 Å². The molecule has 3 rings (SSSR count). The molecule has 0 aliphatic carbocycles. The quantitative estimate of drug-likeness (QED) is 0.579. The molecule has 2 aliphatic heterocycles. The second kappa shape index (κ2) is 9.57. The van der Waals surface area contributed by atoms with Gasteiger partial charge in [-0.3, -0.25) is 14.9 Å². The molecule has 1 unspecified atom stereocenters. The Hall–Kier alpha value is -2.57. The van der Waals surface area contributed by atoms with Gasteiger partial charge in [0.25, 0.3) is 0 Å². The maximum Gasteiger partial charge on any atom is 0.409 e. The van der Waals surface area contributed by atoms with Crippen molar-refractivity contribution in [2.24, 2.45) is 0 Å². The van der Waals surface area contributed by atoms with E-state index in [0.717, 1.165) is 31.4 Å². The van der Waals surface area contributed by atoms with Crippen LogP contribution in [-0.2, 0) is 14.3 Å². The summed E-state index contributed by atoms with van der Waals surface area (Å²) in [5, 5.41) is 5.55. The molecule has 2 fully saturated rings. The molecular weight excluding hydrogens is 358 g/mol. The third kappa shape index (κ3) is 5.24. The molecule has 152 valence electrons. The minimum atomic E-state index is -0.370. The van der Waals surface area contributed by atoms with Gasteiger partial charge in [-0.1, -0.05) is 25.5 Å². The van der Waals surface area contributed by atoms with E-state index in [4.69, 9.17) is 4.74 Å². The molecule has 1 aromatic rings. The van der Waals surface area contributed by atoms with Gasteiger partial charge in [0.2, 0.25) is 11.8 Å². The summed E-state index contributed by atoms with van der Waals surface area (Å²) >= 11 is 0. The summed E-state index contributed by atoms with van der Waals surface area (Å²) in [4.78, 5) is 36.9. The van der Waals surface area contributed by atoms with Gasteiger partial charge in [-0.2, -0.15) is 0 Å². The number of anilines is 1. The number of imide groups is 1. The molecule has 0 bridgehead atoms. The highest BCUT2D eigenvalue weighted by molar-refractivity contribution is 6.01. The molecule has 0 radical (unpaired) electrons. The lowest BCUT2D eigenvalue weighted by Crippen LogP contribution is -2.47. The summed E-state index contributed by atoms with van der Waals surface area (Å²) in [6.07, 6.45) is 4.44. The number of carbonyl (C=O) groups excluding carboxylic acids is 3. The Morgan fingerprint density at radius 3 is 2.54 bits per heavy atom. The number of nitrogens with zero attached hydrogens (tertiary/aromatic N) is 1. The van der Waals surface area contributed by atoms with Crippen LogP contribution in [0.2, 0.25) is 0 Å². The highest BCUT2D eigenvalue weighted by Gasteiger charge is 2.27. The van der Waals surface area contributed by atoms with Crippen LogP contribution >= 0.6 is 0 Å². The number of ether oxygens (including phenoxy) is 1. The van der Waals surface area contributed by atoms with Crippen molar-refractivity contribution in [1.29, 1.82) is 0 Å². The molecule has 1 atom stereocenters. The number of rotatable bonds is 6. The standard InChI is InChI=1S/C21H29N3O4/c1-2-3-14-28-21(27)24-12-10-16(11-13-24)15-4-6-17(7-5-15)22-18-8-9-19(25)23-20(18)26/h4-7,16,18,22H,2-3,8-14H2,1H3,(H,23,25,26). The van der Waals surface area contributed by atoms with Gasteiger partial charge in [0.15, 0.2) is 0 Å². The van der Waals surface area contributed by atoms with Crippen LogP contribution in [0, 0.1) is 0 Å². The molecule has 2 N–H and O–H groups in total. The Kier molecular flexibility index (Phi) is 6.90. The van der Waals surface area contributed by atoms with E-state index in [1.165, 1.54) is 5.56 Å². The first-order valence-corrected chi connectivity index (χ1v) is 10.2. The first kappa shape index (κ1) is 20.2. The molecular formula is C21H29N3O4. The minimum Gasteiger partial charge on any atom is -0.449 e. The summed E-state index contributed by atoms with van der Waals surface area (Å²) in [6, 6.07) is 7.74. The van der Waals surface area contributed by atoms with Crippen LogP contribution in [0.5, 0.6) is 0 Å². The zero-order valence-corrected chi connectivity index (χ0v) is 16.4. The van der Waals surface area contributed by atoms with Gasteiger partial charge in [0, 0.05) is 25.2 Å². The number of unbranched alkanes of at least 4 members (excludes halogenated alkanes) is 1. The van der Waals surface area contributed by atoms with E-state index in [2.05, 4.69) is 29.7 Å². The summed E-state index contributed by atoms with van der Waals surface area (Å²) in [6.45, 7) is 4.00. The predicted molar refractivity (Wildman–Crippen MR) is 106 cm³/mol. The smallest absolute Gasteiger partial charge is 0.409 e. The number of amides is 3. The van der Waals surface area contributed by atoms with Crippen molar-refractivity contribution in [1.82, 2.24) is 10.2 Å². The number of likely N-dealkylation sites (tertiary alicyclic amines) is 1. The number of hydrogen-bond donors (Lipinski definition) is 2. The Labute approximate surface area is 165 Å². The van der Waals surface area contributed by atoms with E-state index in [1.807, 2.05) is 12.1 Å². The van der Waals surface area contributed by atoms with Crippen LogP contribution in [0.1, 0.15) is 56.9 Å². The summed E-state index contributed by atoms with van der Waals surface area (Å²) < 4.78 is 5.29. The second-order valence-corrected chi connectivity index (χ2v) is 7.50. The van der Waals surface area contributed by atoms with Gasteiger partial charge in [0.05, 0.1) is 6.61 Å². The average molecular weight is 387 g/mol. The minimum absolute atomic E-state index is 0.198. The number of nitrogens with one attached hydrogen (secondary N) is 2. The maximum atomic E-state index is 12.0. The Balaban J connectivity index is 1.47. The van der Waals surface area contributed by atoms with E-state index >= 15 is 0 Å². The number of carbonyl (C=O) groups is 3. The van der Waals surface area contributed by atoms with E-state index in [0.29, 0.717) is 38.5 Å². The van der Waals surface area contributed by atoms with Crippen LogP contribution in [0.4, 0.5) is 10.5 Å². The first-order valence-electron chi connectivity index (χ1n) is 10.2. The van der Waals surface area contributed by atoms with Gasteiger partial charge >= 0.3 is 6.09 Å². The Bertz CT molecular complexity index is 696. The molecule has 7 nitrogen and oxygen atoms in total. The van der Waals surface area contributed by atoms with Crippen LogP contribution < -0.4 is 10.6 Å². The molecule has 28 heavy (non-hydrogen) atoms. The van der Waals surface area contributed by atoms with Crippen LogP contribution in [0.15, 0.2) is 24.3 Å². The zero-order chi connectivity index (χ0) is 19.9. The van der Waals surface area contributed by atoms with E-state index in [1.54, 1.807) is 4.90 Å². The molecule has 7 heteroatoms. The highest BCUT2D eigenvalue weighted by atomic mass is 16.6. The number of piperidine rings is 2. The fourth-order valence-corrected chi connectivity index (χ4v) is 3.67. The third-order valence-electron chi connectivity index (χ3n) is 5.44. The van der Waals surface area contributed by atoms with Crippen molar-refractivity contribution in [2.45, 2.75) is 57.4 Å². The normalized spacial score (nSPS) is 20.6. The van der Waals surface area contributed by atoms with Crippen molar-refractivity contribution in [3.63, 3.8) is 0 Å². The second-order valence-electron chi connectivity index (χ2n) is 7.50. The summed E-state index contributed by atoms with van der Waals surface area (Å²) in [7, 11) is 0. The van der Waals surface area contributed by atoms with Gasteiger partial charge in [-0.25, -0.2) is 4.79 Å². The summed E-state index contributed by atoms with van der Waals surface area (Å²) in [5.41, 5.74) is 2.11. The molecule has 0 aromatic heterocycles. The summed E-state index contributed by atoms with van der Waals surface area (Å²) in [5.74, 6) is -0.0538. The van der Waals surface area contributed by atoms with Crippen LogP contribution in [0.25, 0.3) is 0 Å². The van der Waals surface area contributed by atoms with Crippen LogP contribution in [-0.4, -0.2) is 48.5 Å². The highest BCUT2D eigenvalue weighted by Crippen LogP contribution is 2.29. The number of hydrogen-bond acceptors (Lipinski definition) is 5.